The number of para-hydroxylation sites is 1. The number of ether oxygens (including phenoxy) is 1. The first-order valence-electron chi connectivity index (χ1n) is 5.16. The molecule has 5 heteroatoms. The maximum Gasteiger partial charge on any atom is 0.326 e. The molecule has 16 heavy (non-hydrogen) atoms. The molecule has 1 saturated carbocycles. The SMILES string of the molecule is O=c1[nH]c(=O)c2cccc(OC3CC3)c2[nH]1. The predicted octanol–water partition coefficient (Wildman–Crippen LogP) is 0.758. The van der Waals surface area contributed by atoms with Gasteiger partial charge in [0.25, 0.3) is 5.56 Å². The molecule has 0 saturated heterocycles. The molecule has 2 N–H and O–H groups in total. The quantitative estimate of drug-likeness (QED) is 0.781. The molecule has 0 spiro atoms. The van der Waals surface area contributed by atoms with Gasteiger partial charge in [0.1, 0.15) is 5.75 Å². The van der Waals surface area contributed by atoms with Crippen LogP contribution in [0.25, 0.3) is 10.9 Å². The summed E-state index contributed by atoms with van der Waals surface area (Å²) in [5, 5.41) is 0.442. The molecular formula is C11H10N2O3. The zero-order valence-electron chi connectivity index (χ0n) is 8.45. The molecule has 1 aliphatic carbocycles. The zero-order chi connectivity index (χ0) is 11.1. The van der Waals surface area contributed by atoms with Gasteiger partial charge in [-0.15, -0.1) is 0 Å². The molecule has 0 amide bonds. The summed E-state index contributed by atoms with van der Waals surface area (Å²) >= 11 is 0. The maximum absolute atomic E-state index is 11.5. The van der Waals surface area contributed by atoms with E-state index >= 15 is 0 Å². The molecular weight excluding hydrogens is 208 g/mol. The summed E-state index contributed by atoms with van der Waals surface area (Å²) in [5.41, 5.74) is -0.424. The number of aromatic nitrogens is 2. The van der Waals surface area contributed by atoms with Crippen molar-refractivity contribution in [1.82, 2.24) is 9.97 Å². The summed E-state index contributed by atoms with van der Waals surface area (Å²) in [5.74, 6) is 0.572. The van der Waals surface area contributed by atoms with Crippen LogP contribution in [-0.4, -0.2) is 16.1 Å². The normalized spacial score (nSPS) is 15.2. The lowest BCUT2D eigenvalue weighted by atomic mass is 10.2. The van der Waals surface area contributed by atoms with Crippen molar-refractivity contribution in [2.24, 2.45) is 0 Å². The highest BCUT2D eigenvalue weighted by molar-refractivity contribution is 5.83. The van der Waals surface area contributed by atoms with Gasteiger partial charge in [-0.25, -0.2) is 4.79 Å². The average Bonchev–Trinajstić information content (AvgIpc) is 3.03. The van der Waals surface area contributed by atoms with E-state index in [2.05, 4.69) is 9.97 Å². The Labute approximate surface area is 90.1 Å². The molecule has 2 aromatic rings. The van der Waals surface area contributed by atoms with Crippen LogP contribution in [0.1, 0.15) is 12.8 Å². The molecule has 1 aromatic heterocycles. The van der Waals surface area contributed by atoms with Crippen LogP contribution in [0.15, 0.2) is 27.8 Å². The number of nitrogens with one attached hydrogen (secondary N) is 2. The first kappa shape index (κ1) is 9.21. The van der Waals surface area contributed by atoms with E-state index in [9.17, 15) is 9.59 Å². The molecule has 5 nitrogen and oxygen atoms in total. The zero-order valence-corrected chi connectivity index (χ0v) is 8.45. The van der Waals surface area contributed by atoms with Crippen LogP contribution in [0.5, 0.6) is 5.75 Å². The first-order valence-corrected chi connectivity index (χ1v) is 5.16. The van der Waals surface area contributed by atoms with Crippen molar-refractivity contribution >= 4 is 10.9 Å². The Morgan fingerprint density at radius 1 is 1.19 bits per heavy atom. The third-order valence-corrected chi connectivity index (χ3v) is 2.55. The topological polar surface area (TPSA) is 74.9 Å². The molecule has 1 aliphatic rings. The predicted molar refractivity (Wildman–Crippen MR) is 58.8 cm³/mol. The summed E-state index contributed by atoms with van der Waals surface area (Å²) in [6, 6.07) is 5.16. The third kappa shape index (κ3) is 1.50. The number of fused-ring (bicyclic) bond motifs is 1. The fraction of sp³-hybridized carbons (Fsp3) is 0.273. The van der Waals surface area contributed by atoms with E-state index in [4.69, 9.17) is 4.74 Å². The van der Waals surface area contributed by atoms with E-state index in [0.717, 1.165) is 12.8 Å². The van der Waals surface area contributed by atoms with Gasteiger partial charge in [-0.2, -0.15) is 0 Å². The molecule has 0 atom stereocenters. The minimum absolute atomic E-state index is 0.230. The van der Waals surface area contributed by atoms with E-state index in [1.807, 2.05) is 0 Å². The third-order valence-electron chi connectivity index (χ3n) is 2.55. The summed E-state index contributed by atoms with van der Waals surface area (Å²) in [6.45, 7) is 0. The lowest BCUT2D eigenvalue weighted by molar-refractivity contribution is 0.306. The van der Waals surface area contributed by atoms with Crippen LogP contribution in [0.3, 0.4) is 0 Å². The summed E-state index contributed by atoms with van der Waals surface area (Å²) in [6.07, 6.45) is 2.29. The molecule has 3 rings (SSSR count). The van der Waals surface area contributed by atoms with E-state index in [-0.39, 0.29) is 11.7 Å². The second-order valence-corrected chi connectivity index (χ2v) is 3.90. The fourth-order valence-electron chi connectivity index (χ4n) is 1.63. The number of hydrogen-bond acceptors (Lipinski definition) is 3. The Hall–Kier alpha value is -2.04. The number of H-pyrrole nitrogens is 2. The van der Waals surface area contributed by atoms with Crippen molar-refractivity contribution in [2.75, 3.05) is 0 Å². The Morgan fingerprint density at radius 3 is 2.75 bits per heavy atom. The Bertz CT molecular complexity index is 652. The van der Waals surface area contributed by atoms with Crippen molar-refractivity contribution in [1.29, 1.82) is 0 Å². The largest absolute Gasteiger partial charge is 0.488 e. The number of aromatic amines is 2. The molecule has 0 bridgehead atoms. The van der Waals surface area contributed by atoms with Crippen LogP contribution in [-0.2, 0) is 0 Å². The maximum atomic E-state index is 11.5. The minimum atomic E-state index is -0.510. The first-order chi connectivity index (χ1) is 7.74. The van der Waals surface area contributed by atoms with Gasteiger partial charge in [0.15, 0.2) is 0 Å². The lowest BCUT2D eigenvalue weighted by Gasteiger charge is -2.06. The van der Waals surface area contributed by atoms with Gasteiger partial charge in [-0.3, -0.25) is 9.78 Å². The molecule has 0 radical (unpaired) electrons. The van der Waals surface area contributed by atoms with Gasteiger partial charge in [0, 0.05) is 0 Å². The monoisotopic (exact) mass is 218 g/mol. The van der Waals surface area contributed by atoms with Crippen LogP contribution in [0, 0.1) is 0 Å². The van der Waals surface area contributed by atoms with Gasteiger partial charge < -0.3 is 9.72 Å². The van der Waals surface area contributed by atoms with Gasteiger partial charge >= 0.3 is 5.69 Å². The van der Waals surface area contributed by atoms with Gasteiger partial charge in [-0.1, -0.05) is 6.07 Å². The summed E-state index contributed by atoms with van der Waals surface area (Å²) in [4.78, 5) is 27.5. The Kier molecular flexibility index (Phi) is 1.86. The minimum Gasteiger partial charge on any atom is -0.488 e. The van der Waals surface area contributed by atoms with Crippen LogP contribution in [0.4, 0.5) is 0 Å². The summed E-state index contributed by atoms with van der Waals surface area (Å²) in [7, 11) is 0. The standard InChI is InChI=1S/C11H10N2O3/c14-10-7-2-1-3-8(16-6-4-5-6)9(7)12-11(15)13-10/h1-3,6H,4-5H2,(H2,12,13,14,15). The highest BCUT2D eigenvalue weighted by Gasteiger charge is 2.24. The van der Waals surface area contributed by atoms with Gasteiger partial charge in [-0.05, 0) is 25.0 Å². The van der Waals surface area contributed by atoms with Crippen LogP contribution >= 0.6 is 0 Å². The van der Waals surface area contributed by atoms with E-state index in [0.29, 0.717) is 16.7 Å². The smallest absolute Gasteiger partial charge is 0.326 e. The van der Waals surface area contributed by atoms with Crippen molar-refractivity contribution in [3.63, 3.8) is 0 Å². The second-order valence-electron chi connectivity index (χ2n) is 3.90. The molecule has 1 heterocycles. The van der Waals surface area contributed by atoms with Crippen molar-refractivity contribution in [3.05, 3.63) is 39.0 Å². The molecule has 0 unspecified atom stereocenters. The average molecular weight is 218 g/mol. The Morgan fingerprint density at radius 2 is 2.00 bits per heavy atom. The molecule has 82 valence electrons. The van der Waals surface area contributed by atoms with Crippen LogP contribution < -0.4 is 16.0 Å². The Balaban J connectivity index is 2.27. The van der Waals surface area contributed by atoms with E-state index in [1.165, 1.54) is 0 Å². The highest BCUT2D eigenvalue weighted by Crippen LogP contribution is 2.29. The van der Waals surface area contributed by atoms with Gasteiger partial charge in [0.05, 0.1) is 17.0 Å². The van der Waals surface area contributed by atoms with Crippen molar-refractivity contribution in [2.45, 2.75) is 18.9 Å². The molecule has 1 aromatic carbocycles. The summed E-state index contributed by atoms with van der Waals surface area (Å²) < 4.78 is 5.63. The second kappa shape index (κ2) is 3.23. The number of benzene rings is 1. The van der Waals surface area contributed by atoms with E-state index in [1.54, 1.807) is 18.2 Å². The molecule has 0 aliphatic heterocycles. The highest BCUT2D eigenvalue weighted by atomic mass is 16.5. The van der Waals surface area contributed by atoms with Crippen molar-refractivity contribution in [3.8, 4) is 5.75 Å². The molecule has 1 fully saturated rings. The van der Waals surface area contributed by atoms with E-state index < -0.39 is 5.69 Å². The number of rotatable bonds is 2. The number of hydrogen-bond donors (Lipinski definition) is 2. The lowest BCUT2D eigenvalue weighted by Crippen LogP contribution is -2.22. The van der Waals surface area contributed by atoms with Crippen molar-refractivity contribution < 1.29 is 4.74 Å². The fourth-order valence-corrected chi connectivity index (χ4v) is 1.63. The van der Waals surface area contributed by atoms with Crippen LogP contribution in [0.2, 0.25) is 0 Å². The van der Waals surface area contributed by atoms with Gasteiger partial charge in [0.2, 0.25) is 0 Å².